The van der Waals surface area contributed by atoms with E-state index in [9.17, 15) is 9.59 Å². The molecule has 0 saturated carbocycles. The first kappa shape index (κ1) is 19.7. The molecule has 2 aromatic rings. The number of piperidine rings is 1. The van der Waals surface area contributed by atoms with E-state index in [0.717, 1.165) is 42.6 Å². The molecule has 4 nitrogen and oxygen atoms in total. The van der Waals surface area contributed by atoms with E-state index in [1.54, 1.807) is 0 Å². The second kappa shape index (κ2) is 9.23. The van der Waals surface area contributed by atoms with Gasteiger partial charge in [-0.3, -0.25) is 9.59 Å². The van der Waals surface area contributed by atoms with Crippen LogP contribution >= 0.6 is 0 Å². The smallest absolute Gasteiger partial charge is 0.226 e. The molecule has 1 fully saturated rings. The van der Waals surface area contributed by atoms with Crippen LogP contribution in [0.3, 0.4) is 0 Å². The monoisotopic (exact) mass is 374 g/mol. The minimum atomic E-state index is -0.00865. The molecule has 1 saturated heterocycles. The zero-order valence-electron chi connectivity index (χ0n) is 16.5. The predicted octanol–water partition coefficient (Wildman–Crippen LogP) is 3.67. The summed E-state index contributed by atoms with van der Waals surface area (Å²) in [6, 6.07) is 16.1. The molecule has 1 atom stereocenters. The van der Waals surface area contributed by atoms with Gasteiger partial charge in [0, 0.05) is 42.7 Å². The number of nitrogens with zero attached hydrogens (tertiary/aromatic N) is 1. The van der Waals surface area contributed by atoms with Gasteiger partial charge in [-0.1, -0.05) is 24.0 Å². The summed E-state index contributed by atoms with van der Waals surface area (Å²) in [6.45, 7) is 4.33. The maximum Gasteiger partial charge on any atom is 0.226 e. The molecular formula is C24H26N2O2. The van der Waals surface area contributed by atoms with E-state index < -0.39 is 0 Å². The lowest BCUT2D eigenvalue weighted by molar-refractivity contribution is -0.120. The highest BCUT2D eigenvalue weighted by molar-refractivity contribution is 5.94. The highest BCUT2D eigenvalue weighted by Gasteiger charge is 2.19. The first-order valence-corrected chi connectivity index (χ1v) is 9.80. The molecule has 4 heteroatoms. The minimum absolute atomic E-state index is 0.00865. The maximum absolute atomic E-state index is 12.0. The Bertz CT molecular complexity index is 889. The van der Waals surface area contributed by atoms with Gasteiger partial charge in [0.15, 0.2) is 0 Å². The third-order valence-electron chi connectivity index (χ3n) is 4.80. The van der Waals surface area contributed by atoms with Crippen molar-refractivity contribution in [1.29, 1.82) is 0 Å². The number of benzene rings is 2. The summed E-state index contributed by atoms with van der Waals surface area (Å²) >= 11 is 0. The quantitative estimate of drug-likeness (QED) is 0.830. The largest absolute Gasteiger partial charge is 0.354 e. The number of carbonyl (C=O) groups is 2. The zero-order chi connectivity index (χ0) is 19.9. The fourth-order valence-corrected chi connectivity index (χ4v) is 3.42. The number of carbonyl (C=O) groups excluding carboxylic acids is 2. The predicted molar refractivity (Wildman–Crippen MR) is 112 cm³/mol. The van der Waals surface area contributed by atoms with Gasteiger partial charge >= 0.3 is 0 Å². The zero-order valence-corrected chi connectivity index (χ0v) is 16.5. The van der Waals surface area contributed by atoms with Crippen LogP contribution in [0.4, 0.5) is 5.69 Å². The van der Waals surface area contributed by atoms with Gasteiger partial charge in [-0.05, 0) is 68.1 Å². The van der Waals surface area contributed by atoms with Gasteiger partial charge in [0.25, 0.3) is 0 Å². The fraction of sp³-hybridized carbons (Fsp3) is 0.333. The summed E-state index contributed by atoms with van der Waals surface area (Å²) in [6.07, 6.45) is 3.49. The summed E-state index contributed by atoms with van der Waals surface area (Å²) < 4.78 is 0. The number of rotatable bonds is 4. The summed E-state index contributed by atoms with van der Waals surface area (Å²) in [7, 11) is 0. The standard InChI is InChI=1S/C24H26N2O2/c1-18(25-19(2)27)17-22-10-8-20(9-11-22)6-7-21-12-14-23(15-13-21)26-16-4-3-5-24(26)28/h8-15,18H,3-5,16-17H2,1-2H3,(H,25,27)/t18-/m1/s1. The van der Waals surface area contributed by atoms with Crippen LogP contribution in [0.5, 0.6) is 0 Å². The molecule has 144 valence electrons. The molecule has 1 aliphatic heterocycles. The van der Waals surface area contributed by atoms with Crippen molar-refractivity contribution in [2.75, 3.05) is 11.4 Å². The van der Waals surface area contributed by atoms with Crippen molar-refractivity contribution in [3.8, 4) is 11.8 Å². The van der Waals surface area contributed by atoms with E-state index in [4.69, 9.17) is 0 Å². The molecule has 0 aromatic heterocycles. The van der Waals surface area contributed by atoms with Gasteiger partial charge in [0.1, 0.15) is 0 Å². The van der Waals surface area contributed by atoms with Gasteiger partial charge < -0.3 is 10.2 Å². The molecule has 28 heavy (non-hydrogen) atoms. The van der Waals surface area contributed by atoms with Gasteiger partial charge in [0.05, 0.1) is 0 Å². The Morgan fingerprint density at radius 2 is 1.64 bits per heavy atom. The van der Waals surface area contributed by atoms with Crippen LogP contribution in [0.25, 0.3) is 0 Å². The lowest BCUT2D eigenvalue weighted by Crippen LogP contribution is -2.35. The van der Waals surface area contributed by atoms with E-state index in [0.29, 0.717) is 6.42 Å². The summed E-state index contributed by atoms with van der Waals surface area (Å²) in [5.41, 5.74) is 4.00. The first-order valence-electron chi connectivity index (χ1n) is 9.80. The van der Waals surface area contributed by atoms with Crippen LogP contribution in [-0.2, 0) is 16.0 Å². The Balaban J connectivity index is 1.61. The molecule has 3 rings (SSSR count). The average Bonchev–Trinajstić information content (AvgIpc) is 2.68. The second-order valence-corrected chi connectivity index (χ2v) is 7.30. The molecule has 0 bridgehead atoms. The normalized spacial score (nSPS) is 14.8. The number of hydrogen-bond acceptors (Lipinski definition) is 2. The van der Waals surface area contributed by atoms with Crippen molar-refractivity contribution in [3.63, 3.8) is 0 Å². The van der Waals surface area contributed by atoms with Gasteiger partial charge in [-0.15, -0.1) is 0 Å². The molecule has 0 aliphatic carbocycles. The number of nitrogens with one attached hydrogen (secondary N) is 1. The number of anilines is 1. The molecule has 1 heterocycles. The van der Waals surface area contributed by atoms with Crippen LogP contribution in [0.1, 0.15) is 49.8 Å². The molecule has 0 radical (unpaired) electrons. The van der Waals surface area contributed by atoms with E-state index in [-0.39, 0.29) is 17.9 Å². The van der Waals surface area contributed by atoms with Crippen molar-refractivity contribution in [1.82, 2.24) is 5.32 Å². The third-order valence-corrected chi connectivity index (χ3v) is 4.80. The van der Waals surface area contributed by atoms with Crippen molar-refractivity contribution >= 4 is 17.5 Å². The van der Waals surface area contributed by atoms with Crippen LogP contribution in [0.15, 0.2) is 48.5 Å². The lowest BCUT2D eigenvalue weighted by atomic mass is 10.0. The van der Waals surface area contributed by atoms with Crippen LogP contribution in [0.2, 0.25) is 0 Å². The van der Waals surface area contributed by atoms with Crippen LogP contribution < -0.4 is 10.2 Å². The van der Waals surface area contributed by atoms with Gasteiger partial charge in [-0.25, -0.2) is 0 Å². The molecule has 1 aliphatic rings. The van der Waals surface area contributed by atoms with Crippen LogP contribution in [0, 0.1) is 11.8 Å². The van der Waals surface area contributed by atoms with Crippen molar-refractivity contribution < 1.29 is 9.59 Å². The first-order chi connectivity index (χ1) is 13.5. The topological polar surface area (TPSA) is 49.4 Å². The minimum Gasteiger partial charge on any atom is -0.354 e. The lowest BCUT2D eigenvalue weighted by Gasteiger charge is -2.26. The van der Waals surface area contributed by atoms with Gasteiger partial charge in [-0.2, -0.15) is 0 Å². The average molecular weight is 374 g/mol. The maximum atomic E-state index is 12.0. The third kappa shape index (κ3) is 5.47. The molecule has 1 N–H and O–H groups in total. The SMILES string of the molecule is CC(=O)N[C@H](C)Cc1ccc(C#Cc2ccc(N3CCCCC3=O)cc2)cc1. The van der Waals surface area contributed by atoms with Crippen molar-refractivity contribution in [2.45, 2.75) is 45.6 Å². The van der Waals surface area contributed by atoms with Crippen molar-refractivity contribution in [2.24, 2.45) is 0 Å². The fourth-order valence-electron chi connectivity index (χ4n) is 3.42. The highest BCUT2D eigenvalue weighted by atomic mass is 16.2. The van der Waals surface area contributed by atoms with E-state index >= 15 is 0 Å². The van der Waals surface area contributed by atoms with Crippen molar-refractivity contribution in [3.05, 3.63) is 65.2 Å². The number of hydrogen-bond donors (Lipinski definition) is 1. The highest BCUT2D eigenvalue weighted by Crippen LogP contribution is 2.21. The van der Waals surface area contributed by atoms with E-state index in [1.165, 1.54) is 12.5 Å². The molecular weight excluding hydrogens is 348 g/mol. The van der Waals surface area contributed by atoms with Gasteiger partial charge in [0.2, 0.25) is 11.8 Å². The Morgan fingerprint density at radius 1 is 1.04 bits per heavy atom. The molecule has 0 unspecified atom stereocenters. The molecule has 2 aromatic carbocycles. The Hall–Kier alpha value is -3.06. The second-order valence-electron chi connectivity index (χ2n) is 7.30. The Morgan fingerprint density at radius 3 is 2.21 bits per heavy atom. The van der Waals surface area contributed by atoms with E-state index in [2.05, 4.69) is 17.2 Å². The molecule has 2 amide bonds. The summed E-state index contributed by atoms with van der Waals surface area (Å²) in [4.78, 5) is 25.0. The van der Waals surface area contributed by atoms with Crippen LogP contribution in [-0.4, -0.2) is 24.4 Å². The van der Waals surface area contributed by atoms with E-state index in [1.807, 2.05) is 60.4 Å². The summed E-state index contributed by atoms with van der Waals surface area (Å²) in [5.74, 6) is 6.56. The Kier molecular flexibility index (Phi) is 6.49. The Labute approximate surface area is 166 Å². The number of amides is 2. The molecule has 0 spiro atoms. The summed E-state index contributed by atoms with van der Waals surface area (Å²) in [5, 5.41) is 2.89.